The summed E-state index contributed by atoms with van der Waals surface area (Å²) in [6.45, 7) is 0.244. The van der Waals surface area contributed by atoms with Gasteiger partial charge < -0.3 is 10.8 Å². The molecule has 0 aromatic heterocycles. The van der Waals surface area contributed by atoms with Crippen LogP contribution in [0.4, 0.5) is 0 Å². The van der Waals surface area contributed by atoms with Gasteiger partial charge in [-0.25, -0.2) is 0 Å². The summed E-state index contributed by atoms with van der Waals surface area (Å²) >= 11 is 11.6. The van der Waals surface area contributed by atoms with Gasteiger partial charge in [0.1, 0.15) is 0 Å². The van der Waals surface area contributed by atoms with Gasteiger partial charge in [0.25, 0.3) is 0 Å². The Bertz CT molecular complexity index is 265. The van der Waals surface area contributed by atoms with Crippen LogP contribution in [0.25, 0.3) is 0 Å². The lowest BCUT2D eigenvalue weighted by atomic mass is 10.1. The van der Waals surface area contributed by atoms with Gasteiger partial charge >= 0.3 is 0 Å². The molecular formula is C8H9Cl2NO. The van der Waals surface area contributed by atoms with E-state index in [1.54, 1.807) is 12.1 Å². The van der Waals surface area contributed by atoms with Crippen molar-refractivity contribution in [2.24, 2.45) is 5.73 Å². The van der Waals surface area contributed by atoms with E-state index in [9.17, 15) is 0 Å². The molecule has 0 aliphatic rings. The number of rotatable bonds is 2. The second-order valence-electron chi connectivity index (χ2n) is 2.40. The van der Waals surface area contributed by atoms with Crippen LogP contribution < -0.4 is 5.73 Å². The first-order valence-corrected chi connectivity index (χ1v) is 4.22. The Hall–Kier alpha value is -0.280. The summed E-state index contributed by atoms with van der Waals surface area (Å²) in [5.74, 6) is 0. The largest absolute Gasteiger partial charge is 0.392 e. The van der Waals surface area contributed by atoms with Crippen LogP contribution in [0, 0.1) is 0 Å². The molecule has 4 heteroatoms. The SMILES string of the molecule is NCc1cc(Cl)c(CO)c(Cl)c1. The van der Waals surface area contributed by atoms with Crippen LogP contribution in [-0.4, -0.2) is 5.11 Å². The van der Waals surface area contributed by atoms with E-state index in [4.69, 9.17) is 34.0 Å². The van der Waals surface area contributed by atoms with E-state index < -0.39 is 0 Å². The number of hydrogen-bond acceptors (Lipinski definition) is 2. The average Bonchev–Trinajstić information content (AvgIpc) is 2.03. The third-order valence-electron chi connectivity index (χ3n) is 1.59. The Morgan fingerprint density at radius 3 is 2.08 bits per heavy atom. The van der Waals surface area contributed by atoms with E-state index in [1.165, 1.54) is 0 Å². The highest BCUT2D eigenvalue weighted by molar-refractivity contribution is 6.36. The first-order chi connectivity index (χ1) is 5.69. The van der Waals surface area contributed by atoms with Crippen molar-refractivity contribution >= 4 is 23.2 Å². The molecule has 0 unspecified atom stereocenters. The number of aliphatic hydroxyl groups is 1. The number of benzene rings is 1. The Balaban J connectivity index is 3.18. The zero-order chi connectivity index (χ0) is 9.14. The van der Waals surface area contributed by atoms with Crippen molar-refractivity contribution in [1.29, 1.82) is 0 Å². The van der Waals surface area contributed by atoms with Gasteiger partial charge in [-0.3, -0.25) is 0 Å². The van der Waals surface area contributed by atoms with Crippen molar-refractivity contribution < 1.29 is 5.11 Å². The van der Waals surface area contributed by atoms with Crippen LogP contribution in [0.2, 0.25) is 10.0 Å². The van der Waals surface area contributed by atoms with Gasteiger partial charge in [-0.2, -0.15) is 0 Å². The van der Waals surface area contributed by atoms with E-state index in [-0.39, 0.29) is 6.61 Å². The molecule has 0 aliphatic heterocycles. The van der Waals surface area contributed by atoms with Crippen LogP contribution in [0.5, 0.6) is 0 Å². The van der Waals surface area contributed by atoms with E-state index in [0.717, 1.165) is 5.56 Å². The highest BCUT2D eigenvalue weighted by Crippen LogP contribution is 2.26. The third-order valence-corrected chi connectivity index (χ3v) is 2.27. The van der Waals surface area contributed by atoms with Gasteiger partial charge in [-0.05, 0) is 17.7 Å². The summed E-state index contributed by atoms with van der Waals surface area (Å²) in [7, 11) is 0. The fourth-order valence-corrected chi connectivity index (χ4v) is 1.58. The molecule has 0 aliphatic carbocycles. The molecule has 66 valence electrons. The predicted molar refractivity (Wildman–Crippen MR) is 50.3 cm³/mol. The van der Waals surface area contributed by atoms with Crippen molar-refractivity contribution in [3.8, 4) is 0 Å². The van der Waals surface area contributed by atoms with Crippen molar-refractivity contribution in [2.45, 2.75) is 13.2 Å². The molecule has 0 amide bonds. The normalized spacial score (nSPS) is 10.3. The van der Waals surface area contributed by atoms with Crippen molar-refractivity contribution in [1.82, 2.24) is 0 Å². The summed E-state index contributed by atoms with van der Waals surface area (Å²) in [6.07, 6.45) is 0. The minimum absolute atomic E-state index is 0.150. The standard InChI is InChI=1S/C8H9Cl2NO/c9-7-1-5(3-11)2-8(10)6(7)4-12/h1-2,12H,3-4,11H2. The van der Waals surface area contributed by atoms with Gasteiger partial charge in [0.2, 0.25) is 0 Å². The highest BCUT2D eigenvalue weighted by Gasteiger charge is 2.05. The molecule has 0 heterocycles. The molecule has 3 N–H and O–H groups in total. The molecule has 12 heavy (non-hydrogen) atoms. The Morgan fingerprint density at radius 2 is 1.75 bits per heavy atom. The van der Waals surface area contributed by atoms with Crippen molar-refractivity contribution in [3.63, 3.8) is 0 Å². The van der Waals surface area contributed by atoms with Gasteiger partial charge in [0.15, 0.2) is 0 Å². The first kappa shape index (κ1) is 9.81. The summed E-state index contributed by atoms with van der Waals surface area (Å²) in [4.78, 5) is 0. The van der Waals surface area contributed by atoms with Crippen LogP contribution in [0.1, 0.15) is 11.1 Å². The summed E-state index contributed by atoms with van der Waals surface area (Å²) < 4.78 is 0. The topological polar surface area (TPSA) is 46.2 Å². The monoisotopic (exact) mass is 205 g/mol. The lowest BCUT2D eigenvalue weighted by Crippen LogP contribution is -1.98. The smallest absolute Gasteiger partial charge is 0.0711 e. The molecule has 0 radical (unpaired) electrons. The molecule has 0 fully saturated rings. The second kappa shape index (κ2) is 4.10. The quantitative estimate of drug-likeness (QED) is 0.776. The zero-order valence-corrected chi connectivity index (χ0v) is 7.86. The maximum Gasteiger partial charge on any atom is 0.0711 e. The molecule has 0 saturated heterocycles. The molecule has 0 saturated carbocycles. The average molecular weight is 206 g/mol. The molecule has 2 nitrogen and oxygen atoms in total. The molecule has 0 spiro atoms. The number of halogens is 2. The minimum atomic E-state index is -0.150. The Labute approximate surface area is 80.9 Å². The van der Waals surface area contributed by atoms with Crippen LogP contribution in [0.15, 0.2) is 12.1 Å². The predicted octanol–water partition coefficient (Wildman–Crippen LogP) is 1.94. The fourth-order valence-electron chi connectivity index (χ4n) is 0.924. The fraction of sp³-hybridized carbons (Fsp3) is 0.250. The van der Waals surface area contributed by atoms with Crippen LogP contribution >= 0.6 is 23.2 Å². The highest BCUT2D eigenvalue weighted by atomic mass is 35.5. The molecule has 1 aromatic carbocycles. The van der Waals surface area contributed by atoms with Gasteiger partial charge in [-0.1, -0.05) is 23.2 Å². The second-order valence-corrected chi connectivity index (χ2v) is 3.21. The van der Waals surface area contributed by atoms with Crippen LogP contribution in [0.3, 0.4) is 0 Å². The molecule has 0 atom stereocenters. The van der Waals surface area contributed by atoms with E-state index in [2.05, 4.69) is 0 Å². The summed E-state index contributed by atoms with van der Waals surface area (Å²) in [5, 5.41) is 9.79. The molecule has 1 rings (SSSR count). The third kappa shape index (κ3) is 1.90. The number of aliphatic hydroxyl groups excluding tert-OH is 1. The molecule has 0 bridgehead atoms. The van der Waals surface area contributed by atoms with Crippen LogP contribution in [-0.2, 0) is 13.2 Å². The minimum Gasteiger partial charge on any atom is -0.392 e. The summed E-state index contributed by atoms with van der Waals surface area (Å²) in [6, 6.07) is 3.41. The molecule has 1 aromatic rings. The van der Waals surface area contributed by atoms with Crippen molar-refractivity contribution in [3.05, 3.63) is 33.3 Å². The van der Waals surface area contributed by atoms with E-state index in [1.807, 2.05) is 0 Å². The Kier molecular flexibility index (Phi) is 3.35. The van der Waals surface area contributed by atoms with Gasteiger partial charge in [0, 0.05) is 22.2 Å². The number of hydrogen-bond donors (Lipinski definition) is 2. The van der Waals surface area contributed by atoms with E-state index >= 15 is 0 Å². The number of nitrogens with two attached hydrogens (primary N) is 1. The maximum atomic E-state index is 8.86. The van der Waals surface area contributed by atoms with E-state index in [0.29, 0.717) is 22.2 Å². The Morgan fingerprint density at radius 1 is 1.25 bits per heavy atom. The first-order valence-electron chi connectivity index (χ1n) is 3.46. The maximum absolute atomic E-state index is 8.86. The molecular weight excluding hydrogens is 197 g/mol. The summed E-state index contributed by atoms with van der Waals surface area (Å²) in [5.41, 5.74) is 6.81. The lowest BCUT2D eigenvalue weighted by molar-refractivity contribution is 0.282. The lowest BCUT2D eigenvalue weighted by Gasteiger charge is -2.05. The van der Waals surface area contributed by atoms with Crippen molar-refractivity contribution in [2.75, 3.05) is 0 Å². The van der Waals surface area contributed by atoms with Gasteiger partial charge in [0.05, 0.1) is 6.61 Å². The van der Waals surface area contributed by atoms with Gasteiger partial charge in [-0.15, -0.1) is 0 Å². The zero-order valence-electron chi connectivity index (χ0n) is 6.35.